The number of benzene rings is 1. The van der Waals surface area contributed by atoms with Gasteiger partial charge in [0.05, 0.1) is 5.52 Å². The molecule has 2 aromatic heterocycles. The zero-order chi connectivity index (χ0) is 18.1. The summed E-state index contributed by atoms with van der Waals surface area (Å²) in [6.45, 7) is 7.78. The van der Waals surface area contributed by atoms with Gasteiger partial charge in [-0.05, 0) is 31.5 Å². The summed E-state index contributed by atoms with van der Waals surface area (Å²) in [5, 5.41) is 20.7. The van der Waals surface area contributed by atoms with E-state index < -0.39 is 6.10 Å². The summed E-state index contributed by atoms with van der Waals surface area (Å²) in [6.07, 6.45) is 1.29. The van der Waals surface area contributed by atoms with Crippen molar-refractivity contribution in [1.29, 1.82) is 0 Å². The second kappa shape index (κ2) is 7.26. The van der Waals surface area contributed by atoms with Crippen molar-refractivity contribution in [2.75, 3.05) is 31.1 Å². The molecule has 26 heavy (non-hydrogen) atoms. The summed E-state index contributed by atoms with van der Waals surface area (Å²) in [6, 6.07) is 11.0. The van der Waals surface area contributed by atoms with Crippen LogP contribution >= 0.6 is 11.3 Å². The largest absolute Gasteiger partial charge is 0.386 e. The highest BCUT2D eigenvalue weighted by molar-refractivity contribution is 7.15. The van der Waals surface area contributed by atoms with Crippen LogP contribution in [0.1, 0.15) is 36.6 Å². The molecule has 3 heterocycles. The maximum atomic E-state index is 9.63. The van der Waals surface area contributed by atoms with E-state index in [4.69, 9.17) is 0 Å². The smallest absolute Gasteiger partial charge is 0.208 e. The fourth-order valence-electron chi connectivity index (χ4n) is 3.38. The third kappa shape index (κ3) is 3.42. The summed E-state index contributed by atoms with van der Waals surface area (Å²) in [4.78, 5) is 9.23. The van der Waals surface area contributed by atoms with Crippen molar-refractivity contribution in [2.24, 2.45) is 0 Å². The van der Waals surface area contributed by atoms with Crippen molar-refractivity contribution < 1.29 is 5.11 Å². The normalized spacial score (nSPS) is 18.2. The number of hydrogen-bond acceptors (Lipinski definition) is 7. The summed E-state index contributed by atoms with van der Waals surface area (Å²) < 4.78 is 0. The Morgan fingerprint density at radius 1 is 1.08 bits per heavy atom. The minimum absolute atomic E-state index is 0.353. The van der Waals surface area contributed by atoms with E-state index >= 15 is 0 Å². The summed E-state index contributed by atoms with van der Waals surface area (Å²) >= 11 is 1.48. The van der Waals surface area contributed by atoms with Gasteiger partial charge in [0.1, 0.15) is 11.1 Å². The van der Waals surface area contributed by atoms with Gasteiger partial charge in [0.2, 0.25) is 5.13 Å². The molecular weight excluding hydrogens is 346 g/mol. The molecular formula is C19H23N5OS. The van der Waals surface area contributed by atoms with Crippen LogP contribution in [0.2, 0.25) is 0 Å². The fourth-order valence-corrected chi connectivity index (χ4v) is 4.21. The van der Waals surface area contributed by atoms with E-state index in [0.29, 0.717) is 11.0 Å². The number of fused-ring (bicyclic) bond motifs is 1. The van der Waals surface area contributed by atoms with Crippen molar-refractivity contribution >= 4 is 27.4 Å². The third-order valence-corrected chi connectivity index (χ3v) is 6.19. The van der Waals surface area contributed by atoms with Crippen LogP contribution in [0.3, 0.4) is 0 Å². The van der Waals surface area contributed by atoms with E-state index in [9.17, 15) is 5.11 Å². The molecule has 0 bridgehead atoms. The molecule has 0 amide bonds. The number of pyridine rings is 1. The molecule has 0 aliphatic carbocycles. The molecule has 1 saturated heterocycles. The first-order valence-corrected chi connectivity index (χ1v) is 9.78. The van der Waals surface area contributed by atoms with E-state index in [0.717, 1.165) is 36.8 Å². The minimum Gasteiger partial charge on any atom is -0.386 e. The number of piperazine rings is 1. The molecule has 2 unspecified atom stereocenters. The van der Waals surface area contributed by atoms with Crippen molar-refractivity contribution in [3.8, 4) is 0 Å². The molecule has 7 heteroatoms. The Balaban J connectivity index is 1.43. The first-order valence-electron chi connectivity index (χ1n) is 8.97. The van der Waals surface area contributed by atoms with Gasteiger partial charge < -0.3 is 10.0 Å². The van der Waals surface area contributed by atoms with Crippen molar-refractivity contribution in [3.63, 3.8) is 0 Å². The zero-order valence-electron chi connectivity index (χ0n) is 15.0. The number of nitrogens with zero attached hydrogens (tertiary/aromatic N) is 5. The van der Waals surface area contributed by atoms with E-state index in [1.807, 2.05) is 12.3 Å². The van der Waals surface area contributed by atoms with Gasteiger partial charge in [-0.2, -0.15) is 0 Å². The van der Waals surface area contributed by atoms with Gasteiger partial charge in [0.15, 0.2) is 0 Å². The Hall–Kier alpha value is -2.09. The van der Waals surface area contributed by atoms with Crippen LogP contribution in [0.5, 0.6) is 0 Å². The molecule has 3 aromatic rings. The Morgan fingerprint density at radius 2 is 1.88 bits per heavy atom. The zero-order valence-corrected chi connectivity index (χ0v) is 15.9. The highest BCUT2D eigenvalue weighted by Crippen LogP contribution is 2.28. The molecule has 4 rings (SSSR count). The summed E-state index contributed by atoms with van der Waals surface area (Å²) in [5.74, 6) is 0. The lowest BCUT2D eigenvalue weighted by atomic mass is 10.0. The number of anilines is 1. The topological polar surface area (TPSA) is 65.4 Å². The van der Waals surface area contributed by atoms with E-state index in [1.165, 1.54) is 22.3 Å². The monoisotopic (exact) mass is 369 g/mol. The van der Waals surface area contributed by atoms with Crippen LogP contribution < -0.4 is 4.90 Å². The second-order valence-electron chi connectivity index (χ2n) is 6.75. The van der Waals surface area contributed by atoms with Crippen LogP contribution in [0, 0.1) is 0 Å². The highest BCUT2D eigenvalue weighted by atomic mass is 32.1. The molecule has 1 aromatic carbocycles. The second-order valence-corrected chi connectivity index (χ2v) is 7.74. The van der Waals surface area contributed by atoms with E-state index in [2.05, 4.69) is 56.2 Å². The Kier molecular flexibility index (Phi) is 4.84. The molecule has 0 saturated carbocycles. The molecule has 1 aliphatic rings. The lowest BCUT2D eigenvalue weighted by Gasteiger charge is -2.38. The lowest BCUT2D eigenvalue weighted by molar-refractivity contribution is 0.197. The molecule has 0 spiro atoms. The summed E-state index contributed by atoms with van der Waals surface area (Å²) in [7, 11) is 0. The number of rotatable bonds is 4. The highest BCUT2D eigenvalue weighted by Gasteiger charge is 2.24. The predicted molar refractivity (Wildman–Crippen MR) is 104 cm³/mol. The van der Waals surface area contributed by atoms with Gasteiger partial charge >= 0.3 is 0 Å². The van der Waals surface area contributed by atoms with Crippen molar-refractivity contribution in [2.45, 2.75) is 26.0 Å². The van der Waals surface area contributed by atoms with Gasteiger partial charge in [-0.15, -0.1) is 10.2 Å². The standard InChI is InChI=1S/C19H23N5OS/c1-13(16-6-5-15-4-3-7-20-17(15)12-16)23-8-10-24(11-9-23)19-22-21-18(26-19)14(2)25/h3-7,12-14,25H,8-11H2,1-2H3. The van der Waals surface area contributed by atoms with Crippen LogP contribution in [0.4, 0.5) is 5.13 Å². The Labute approximate surface area is 157 Å². The molecule has 1 aliphatic heterocycles. The number of aliphatic hydroxyl groups is 1. The third-order valence-electron chi connectivity index (χ3n) is 5.03. The van der Waals surface area contributed by atoms with Crippen LogP contribution in [0.25, 0.3) is 10.9 Å². The molecule has 0 radical (unpaired) electrons. The van der Waals surface area contributed by atoms with Crippen LogP contribution in [0.15, 0.2) is 36.5 Å². The van der Waals surface area contributed by atoms with Crippen molar-refractivity contribution in [3.05, 3.63) is 47.1 Å². The molecule has 1 fully saturated rings. The SMILES string of the molecule is CC(O)c1nnc(N2CCN(C(C)c3ccc4cccnc4c3)CC2)s1. The van der Waals surface area contributed by atoms with Crippen molar-refractivity contribution in [1.82, 2.24) is 20.1 Å². The quantitative estimate of drug-likeness (QED) is 0.763. The average molecular weight is 369 g/mol. The molecule has 136 valence electrons. The van der Waals surface area contributed by atoms with Crippen LogP contribution in [-0.2, 0) is 0 Å². The van der Waals surface area contributed by atoms with Gasteiger partial charge in [-0.1, -0.05) is 29.5 Å². The predicted octanol–water partition coefficient (Wildman–Crippen LogP) is 3.02. The van der Waals surface area contributed by atoms with E-state index in [1.54, 1.807) is 6.92 Å². The number of aromatic nitrogens is 3. The van der Waals surface area contributed by atoms with Crippen LogP contribution in [-0.4, -0.2) is 51.4 Å². The Morgan fingerprint density at radius 3 is 2.62 bits per heavy atom. The van der Waals surface area contributed by atoms with Gasteiger partial charge in [-0.3, -0.25) is 9.88 Å². The number of hydrogen-bond donors (Lipinski definition) is 1. The Bertz CT molecular complexity index is 888. The molecule has 6 nitrogen and oxygen atoms in total. The fraction of sp³-hybridized carbons (Fsp3) is 0.421. The maximum Gasteiger partial charge on any atom is 0.208 e. The maximum absolute atomic E-state index is 9.63. The average Bonchev–Trinajstić information content (AvgIpc) is 3.18. The van der Waals surface area contributed by atoms with Gasteiger partial charge in [-0.25, -0.2) is 0 Å². The van der Waals surface area contributed by atoms with Gasteiger partial charge in [0.25, 0.3) is 0 Å². The molecule has 1 N–H and O–H groups in total. The first-order chi connectivity index (χ1) is 12.6. The number of aliphatic hydroxyl groups excluding tert-OH is 1. The van der Waals surface area contributed by atoms with E-state index in [-0.39, 0.29) is 0 Å². The lowest BCUT2D eigenvalue weighted by Crippen LogP contribution is -2.47. The summed E-state index contributed by atoms with van der Waals surface area (Å²) in [5.41, 5.74) is 2.35. The minimum atomic E-state index is -0.552. The molecule has 2 atom stereocenters. The van der Waals surface area contributed by atoms with Gasteiger partial charge in [0, 0.05) is 43.8 Å². The first kappa shape index (κ1) is 17.3.